The molecule has 4 rings (SSSR count). The van der Waals surface area contributed by atoms with Gasteiger partial charge in [0, 0.05) is 23.8 Å². The van der Waals surface area contributed by atoms with Crippen molar-refractivity contribution in [2.45, 2.75) is 24.2 Å². The molecular weight excluding hydrogens is 322 g/mol. The molecule has 6 heteroatoms. The first-order valence-electron chi connectivity index (χ1n) is 7.85. The van der Waals surface area contributed by atoms with Crippen molar-refractivity contribution in [3.63, 3.8) is 0 Å². The molecule has 0 unspecified atom stereocenters. The standard InChI is InChI=1S/C18H17N3O2S/c22-24(23,18-9-4-14-2-1-3-15(14)12-18)20-16-5-7-17(8-6-16)21-11-10-19-13-21/h4-13,20H,1-3H2. The Bertz CT molecular complexity index is 962. The molecule has 0 fully saturated rings. The second kappa shape index (κ2) is 5.79. The number of nitrogens with one attached hydrogen (secondary N) is 1. The third-order valence-electron chi connectivity index (χ3n) is 4.30. The number of nitrogens with zero attached hydrogens (tertiary/aromatic N) is 2. The van der Waals surface area contributed by atoms with E-state index in [-0.39, 0.29) is 0 Å². The van der Waals surface area contributed by atoms with Crippen molar-refractivity contribution in [1.29, 1.82) is 0 Å². The lowest BCUT2D eigenvalue weighted by molar-refractivity contribution is 0.601. The van der Waals surface area contributed by atoms with Crippen LogP contribution in [0.4, 0.5) is 5.69 Å². The Hall–Kier alpha value is -2.60. The first kappa shape index (κ1) is 15.0. The second-order valence-corrected chi connectivity index (χ2v) is 7.59. The number of aromatic nitrogens is 2. The van der Waals surface area contributed by atoms with Gasteiger partial charge in [-0.1, -0.05) is 6.07 Å². The smallest absolute Gasteiger partial charge is 0.261 e. The zero-order chi connectivity index (χ0) is 16.6. The fourth-order valence-corrected chi connectivity index (χ4v) is 4.15. The molecule has 24 heavy (non-hydrogen) atoms. The third kappa shape index (κ3) is 2.80. The van der Waals surface area contributed by atoms with Crippen molar-refractivity contribution in [1.82, 2.24) is 9.55 Å². The molecule has 1 aromatic heterocycles. The number of rotatable bonds is 4. The molecule has 0 aliphatic heterocycles. The summed E-state index contributed by atoms with van der Waals surface area (Å²) >= 11 is 0. The van der Waals surface area contributed by atoms with Gasteiger partial charge in [-0.05, 0) is 66.8 Å². The Labute approximate surface area is 141 Å². The Morgan fingerprint density at radius 1 is 1.00 bits per heavy atom. The van der Waals surface area contributed by atoms with Crippen LogP contribution in [0.2, 0.25) is 0 Å². The van der Waals surface area contributed by atoms with E-state index in [1.54, 1.807) is 36.8 Å². The number of benzene rings is 2. The lowest BCUT2D eigenvalue weighted by atomic mass is 10.1. The monoisotopic (exact) mass is 339 g/mol. The van der Waals surface area contributed by atoms with E-state index in [1.165, 1.54) is 5.56 Å². The van der Waals surface area contributed by atoms with Crippen LogP contribution in [0.1, 0.15) is 17.5 Å². The summed E-state index contributed by atoms with van der Waals surface area (Å²) in [5.74, 6) is 0. The minimum absolute atomic E-state index is 0.321. The predicted molar refractivity (Wildman–Crippen MR) is 92.8 cm³/mol. The summed E-state index contributed by atoms with van der Waals surface area (Å²) in [4.78, 5) is 4.32. The molecule has 0 saturated heterocycles. The van der Waals surface area contributed by atoms with Gasteiger partial charge in [0.15, 0.2) is 0 Å². The molecule has 2 aromatic carbocycles. The van der Waals surface area contributed by atoms with Crippen LogP contribution >= 0.6 is 0 Å². The van der Waals surface area contributed by atoms with Crippen molar-refractivity contribution in [2.75, 3.05) is 4.72 Å². The third-order valence-corrected chi connectivity index (χ3v) is 5.68. The van der Waals surface area contributed by atoms with E-state index in [0.29, 0.717) is 10.6 Å². The lowest BCUT2D eigenvalue weighted by Gasteiger charge is -2.10. The molecule has 0 amide bonds. The second-order valence-electron chi connectivity index (χ2n) is 5.91. The summed E-state index contributed by atoms with van der Waals surface area (Å²) in [6.45, 7) is 0. The number of fused-ring (bicyclic) bond motifs is 1. The fourth-order valence-electron chi connectivity index (χ4n) is 3.04. The van der Waals surface area contributed by atoms with Gasteiger partial charge in [0.05, 0.1) is 11.2 Å². The summed E-state index contributed by atoms with van der Waals surface area (Å²) in [6.07, 6.45) is 8.33. The molecule has 1 aliphatic carbocycles. The number of aryl methyl sites for hydroxylation is 2. The average Bonchev–Trinajstić information content (AvgIpc) is 3.26. The van der Waals surface area contributed by atoms with E-state index >= 15 is 0 Å². The Balaban J connectivity index is 1.57. The van der Waals surface area contributed by atoms with Crippen molar-refractivity contribution in [3.05, 3.63) is 72.3 Å². The topological polar surface area (TPSA) is 64.0 Å². The van der Waals surface area contributed by atoms with E-state index in [1.807, 2.05) is 29.0 Å². The average molecular weight is 339 g/mol. The highest BCUT2D eigenvalue weighted by Gasteiger charge is 2.18. The number of sulfonamides is 1. The molecule has 0 radical (unpaired) electrons. The summed E-state index contributed by atoms with van der Waals surface area (Å²) in [5, 5.41) is 0. The van der Waals surface area contributed by atoms with Crippen LogP contribution in [0.3, 0.4) is 0 Å². The van der Waals surface area contributed by atoms with Gasteiger partial charge in [-0.2, -0.15) is 0 Å². The van der Waals surface area contributed by atoms with Crippen LogP contribution in [0.5, 0.6) is 0 Å². The Kier molecular flexibility index (Phi) is 3.61. The maximum Gasteiger partial charge on any atom is 0.261 e. The molecule has 3 aromatic rings. The van der Waals surface area contributed by atoms with Crippen molar-refractivity contribution >= 4 is 15.7 Å². The van der Waals surface area contributed by atoms with Crippen LogP contribution < -0.4 is 4.72 Å². The number of hydrogen-bond donors (Lipinski definition) is 1. The number of imidazole rings is 1. The predicted octanol–water partition coefficient (Wildman–Crippen LogP) is 3.16. The maximum absolute atomic E-state index is 12.6. The zero-order valence-corrected chi connectivity index (χ0v) is 13.8. The molecule has 0 spiro atoms. The van der Waals surface area contributed by atoms with E-state index in [9.17, 15) is 8.42 Å². The van der Waals surface area contributed by atoms with E-state index in [2.05, 4.69) is 9.71 Å². The number of hydrogen-bond acceptors (Lipinski definition) is 3. The van der Waals surface area contributed by atoms with E-state index in [0.717, 1.165) is 30.5 Å². The van der Waals surface area contributed by atoms with Crippen molar-refractivity contribution in [3.8, 4) is 5.69 Å². The van der Waals surface area contributed by atoms with Crippen LogP contribution in [0, 0.1) is 0 Å². The van der Waals surface area contributed by atoms with Gasteiger partial charge in [-0.25, -0.2) is 13.4 Å². The molecule has 1 N–H and O–H groups in total. The summed E-state index contributed by atoms with van der Waals surface area (Å²) in [6, 6.07) is 12.6. The van der Waals surface area contributed by atoms with Gasteiger partial charge in [-0.3, -0.25) is 4.72 Å². The van der Waals surface area contributed by atoms with Crippen molar-refractivity contribution < 1.29 is 8.42 Å². The van der Waals surface area contributed by atoms with Crippen LogP contribution in [-0.2, 0) is 22.9 Å². The molecule has 0 atom stereocenters. The van der Waals surface area contributed by atoms with E-state index in [4.69, 9.17) is 0 Å². The normalized spacial score (nSPS) is 13.7. The quantitative estimate of drug-likeness (QED) is 0.794. The highest BCUT2D eigenvalue weighted by Crippen LogP contribution is 2.26. The summed E-state index contributed by atoms with van der Waals surface area (Å²) in [5.41, 5.74) is 3.87. The van der Waals surface area contributed by atoms with Gasteiger partial charge in [0.25, 0.3) is 10.0 Å². The van der Waals surface area contributed by atoms with Crippen LogP contribution in [0.25, 0.3) is 5.69 Å². The first-order valence-corrected chi connectivity index (χ1v) is 9.33. The SMILES string of the molecule is O=S(=O)(Nc1ccc(-n2ccnc2)cc1)c1ccc2c(c1)CCC2. The molecule has 122 valence electrons. The first-order chi connectivity index (χ1) is 11.6. The van der Waals surface area contributed by atoms with Gasteiger partial charge < -0.3 is 4.57 Å². The Morgan fingerprint density at radius 2 is 1.79 bits per heavy atom. The lowest BCUT2D eigenvalue weighted by Crippen LogP contribution is -2.13. The summed E-state index contributed by atoms with van der Waals surface area (Å²) in [7, 11) is -3.57. The van der Waals surface area contributed by atoms with Gasteiger partial charge in [-0.15, -0.1) is 0 Å². The molecular formula is C18H17N3O2S. The number of anilines is 1. The minimum atomic E-state index is -3.57. The van der Waals surface area contributed by atoms with Gasteiger partial charge in [0.2, 0.25) is 0 Å². The molecule has 1 heterocycles. The Morgan fingerprint density at radius 3 is 2.54 bits per heavy atom. The van der Waals surface area contributed by atoms with Gasteiger partial charge in [0.1, 0.15) is 0 Å². The largest absolute Gasteiger partial charge is 0.306 e. The summed E-state index contributed by atoms with van der Waals surface area (Å²) < 4.78 is 29.7. The van der Waals surface area contributed by atoms with Gasteiger partial charge >= 0.3 is 0 Å². The zero-order valence-electron chi connectivity index (χ0n) is 13.0. The minimum Gasteiger partial charge on any atom is -0.306 e. The van der Waals surface area contributed by atoms with Crippen molar-refractivity contribution in [2.24, 2.45) is 0 Å². The molecule has 5 nitrogen and oxygen atoms in total. The highest BCUT2D eigenvalue weighted by molar-refractivity contribution is 7.92. The maximum atomic E-state index is 12.6. The van der Waals surface area contributed by atoms with Crippen LogP contribution in [0.15, 0.2) is 66.1 Å². The molecule has 0 bridgehead atoms. The molecule has 1 aliphatic rings. The van der Waals surface area contributed by atoms with Crippen LogP contribution in [-0.4, -0.2) is 18.0 Å². The molecule has 0 saturated carbocycles. The van der Waals surface area contributed by atoms with E-state index < -0.39 is 10.0 Å². The fraction of sp³-hybridized carbons (Fsp3) is 0.167. The highest BCUT2D eigenvalue weighted by atomic mass is 32.2.